The van der Waals surface area contributed by atoms with Crippen LogP contribution < -0.4 is 0 Å². The van der Waals surface area contributed by atoms with Gasteiger partial charge in [0.15, 0.2) is 7.84 Å². The second-order valence-electron chi connectivity index (χ2n) is 0.694. The van der Waals surface area contributed by atoms with Crippen LogP contribution in [0.3, 0.4) is 0 Å². The van der Waals surface area contributed by atoms with Crippen LogP contribution in [-0.4, -0.2) is 20.6 Å². The molecule has 0 radical (unpaired) electrons. The molecule has 7 heavy (non-hydrogen) atoms. The Kier molecular flexibility index (Phi) is 3.39. The lowest BCUT2D eigenvalue weighted by Crippen LogP contribution is -1.81. The minimum Gasteiger partial charge on any atom is -0.476 e. The minimum absolute atomic E-state index is 0.867. The zero-order valence-corrected chi connectivity index (χ0v) is 5.09. The number of carboxylic acid groups (broad SMARTS) is 1. The highest BCUT2D eigenvalue weighted by Crippen LogP contribution is 2.48. The largest absolute Gasteiger partial charge is 0.476 e. The lowest BCUT2D eigenvalue weighted by molar-refractivity contribution is 0.219. The monoisotopic (exact) mass is 142 g/mol. The summed E-state index contributed by atoms with van der Waals surface area (Å²) < 4.78 is 0. The van der Waals surface area contributed by atoms with Crippen LogP contribution in [0.2, 0.25) is 0 Å². The first-order chi connectivity index (χ1) is 3.18. The molecule has 4 nitrogen and oxygen atoms in total. The van der Waals surface area contributed by atoms with E-state index in [-0.39, 0.29) is 0 Å². The second kappa shape index (κ2) is 3.28. The van der Waals surface area contributed by atoms with Crippen molar-refractivity contribution in [3.8, 4) is 0 Å². The molecule has 0 heterocycles. The van der Waals surface area contributed by atoms with Crippen LogP contribution in [0.5, 0.6) is 0 Å². The molecule has 0 aromatic carbocycles. The van der Waals surface area contributed by atoms with Gasteiger partial charge in [-0.15, -0.1) is 0 Å². The highest BCUT2D eigenvalue weighted by atomic mass is 32.1. The van der Waals surface area contributed by atoms with E-state index >= 15 is 0 Å². The fourth-order valence-corrected chi connectivity index (χ4v) is 0.385. The third kappa shape index (κ3) is 2.89. The summed E-state index contributed by atoms with van der Waals surface area (Å²) in [5.74, 6) is 0. The molecule has 0 amide bonds. The molecule has 0 saturated carbocycles. The molecule has 42 valence electrons. The summed E-state index contributed by atoms with van der Waals surface area (Å²) in [6.45, 7) is 0. The molecular formula is CH4O4P2. The van der Waals surface area contributed by atoms with Gasteiger partial charge in [0, 0.05) is 0 Å². The first kappa shape index (κ1) is 7.25. The Morgan fingerprint density at radius 2 is 2.14 bits per heavy atom. The van der Waals surface area contributed by atoms with Gasteiger partial charge in [-0.1, -0.05) is 0 Å². The van der Waals surface area contributed by atoms with E-state index < -0.39 is 22.0 Å². The highest BCUT2D eigenvalue weighted by molar-refractivity contribution is 8.23. The summed E-state index contributed by atoms with van der Waals surface area (Å²) in [6.07, 6.45) is 0. The Bertz CT molecular complexity index is 72.1. The molecule has 6 heteroatoms. The van der Waals surface area contributed by atoms with Crippen molar-refractivity contribution in [2.75, 3.05) is 0 Å². The van der Waals surface area contributed by atoms with Gasteiger partial charge in [0.1, 0.15) is 0 Å². The SMILES string of the molecule is O=C(O)P(O)PO. The van der Waals surface area contributed by atoms with E-state index in [0.717, 1.165) is 0 Å². The van der Waals surface area contributed by atoms with Gasteiger partial charge in [0.25, 0.3) is 0 Å². The first-order valence-corrected chi connectivity index (χ1v) is 4.38. The maximum atomic E-state index is 9.56. The van der Waals surface area contributed by atoms with Gasteiger partial charge in [-0.05, 0) is 0 Å². The summed E-state index contributed by atoms with van der Waals surface area (Å²) in [4.78, 5) is 25.6. The van der Waals surface area contributed by atoms with Gasteiger partial charge in [-0.3, -0.25) is 0 Å². The zero-order chi connectivity index (χ0) is 5.86. The summed E-state index contributed by atoms with van der Waals surface area (Å²) in [5.41, 5.74) is -1.32. The van der Waals surface area contributed by atoms with Gasteiger partial charge >= 0.3 is 5.71 Å². The molecule has 0 aromatic rings. The van der Waals surface area contributed by atoms with Crippen LogP contribution in [0.25, 0.3) is 0 Å². The maximum Gasteiger partial charge on any atom is 0.358 e. The molecule has 2 atom stereocenters. The molecule has 2 unspecified atom stereocenters. The predicted octanol–water partition coefficient (Wildman–Crippen LogP) is 0.554. The van der Waals surface area contributed by atoms with Crippen LogP contribution >= 0.6 is 16.3 Å². The van der Waals surface area contributed by atoms with Crippen molar-refractivity contribution in [3.63, 3.8) is 0 Å². The summed E-state index contributed by atoms with van der Waals surface area (Å²) >= 11 is 0. The molecular weight excluding hydrogens is 138 g/mol. The van der Waals surface area contributed by atoms with Gasteiger partial charge in [0.2, 0.25) is 0 Å². The molecule has 0 fully saturated rings. The Morgan fingerprint density at radius 1 is 1.71 bits per heavy atom. The number of carbonyl (C=O) groups is 1. The van der Waals surface area contributed by atoms with Crippen molar-refractivity contribution < 1.29 is 19.7 Å². The molecule has 0 aliphatic rings. The fraction of sp³-hybridized carbons (Fsp3) is 0. The quantitative estimate of drug-likeness (QED) is 0.492. The smallest absolute Gasteiger partial charge is 0.358 e. The Balaban J connectivity index is 3.34. The Morgan fingerprint density at radius 3 is 2.14 bits per heavy atom. The molecule has 3 N–H and O–H groups in total. The molecule has 0 saturated heterocycles. The molecule has 0 rings (SSSR count). The maximum absolute atomic E-state index is 9.56. The topological polar surface area (TPSA) is 77.8 Å². The number of hydrogen-bond donors (Lipinski definition) is 3. The lowest BCUT2D eigenvalue weighted by Gasteiger charge is -1.93. The van der Waals surface area contributed by atoms with E-state index in [2.05, 4.69) is 0 Å². The minimum atomic E-state index is -2.14. The molecule has 0 aromatic heterocycles. The van der Waals surface area contributed by atoms with E-state index in [4.69, 9.17) is 14.9 Å². The molecule has 0 spiro atoms. The van der Waals surface area contributed by atoms with Crippen LogP contribution in [-0.2, 0) is 0 Å². The molecule has 0 aliphatic carbocycles. The summed E-state index contributed by atoms with van der Waals surface area (Å²) in [6, 6.07) is 0. The van der Waals surface area contributed by atoms with Crippen molar-refractivity contribution in [3.05, 3.63) is 0 Å². The van der Waals surface area contributed by atoms with Crippen molar-refractivity contribution in [1.29, 1.82) is 0 Å². The summed E-state index contributed by atoms with van der Waals surface area (Å²) in [5, 5.41) is 7.81. The van der Waals surface area contributed by atoms with Gasteiger partial charge in [-0.25, -0.2) is 4.79 Å². The average molecular weight is 142 g/mol. The van der Waals surface area contributed by atoms with Crippen molar-refractivity contribution in [2.45, 2.75) is 0 Å². The van der Waals surface area contributed by atoms with Crippen molar-refractivity contribution in [1.82, 2.24) is 0 Å². The zero-order valence-electron chi connectivity index (χ0n) is 3.20. The van der Waals surface area contributed by atoms with Gasteiger partial charge in [0.05, 0.1) is 8.50 Å². The lowest BCUT2D eigenvalue weighted by atomic mass is 11.6. The third-order valence-corrected chi connectivity index (χ3v) is 1.97. The van der Waals surface area contributed by atoms with E-state index in [1.807, 2.05) is 0 Å². The van der Waals surface area contributed by atoms with Crippen molar-refractivity contribution in [2.24, 2.45) is 0 Å². The van der Waals surface area contributed by atoms with E-state index in [1.54, 1.807) is 0 Å². The van der Waals surface area contributed by atoms with Crippen LogP contribution in [0.1, 0.15) is 0 Å². The van der Waals surface area contributed by atoms with Gasteiger partial charge < -0.3 is 14.9 Å². The van der Waals surface area contributed by atoms with Crippen molar-refractivity contribution >= 4 is 22.0 Å². The highest BCUT2D eigenvalue weighted by Gasteiger charge is 2.10. The Labute approximate surface area is 42.8 Å². The Hall–Kier alpha value is 0.250. The van der Waals surface area contributed by atoms with Crippen LogP contribution in [0.4, 0.5) is 4.79 Å². The predicted molar refractivity (Wildman–Crippen MR) is 27.7 cm³/mol. The van der Waals surface area contributed by atoms with E-state index in [9.17, 15) is 4.79 Å². The van der Waals surface area contributed by atoms with Crippen LogP contribution in [0, 0.1) is 0 Å². The van der Waals surface area contributed by atoms with E-state index in [1.165, 1.54) is 0 Å². The van der Waals surface area contributed by atoms with Crippen LogP contribution in [0.15, 0.2) is 0 Å². The average Bonchev–Trinajstić information content (AvgIpc) is 1.65. The number of rotatable bonds is 2. The third-order valence-electron chi connectivity index (χ3n) is 0.276. The molecule has 0 aliphatic heterocycles. The first-order valence-electron chi connectivity index (χ1n) is 1.30. The number of hydrogen-bond acceptors (Lipinski definition) is 3. The standard InChI is InChI=1S/CH4O4P2/c2-1(3)7(5)6-4/h4-6H,(H,2,3). The van der Waals surface area contributed by atoms with E-state index in [0.29, 0.717) is 0 Å². The second-order valence-corrected chi connectivity index (χ2v) is 3.77. The molecule has 0 bridgehead atoms. The fourth-order valence-electron chi connectivity index (χ4n) is 0.0428. The van der Waals surface area contributed by atoms with Gasteiger partial charge in [-0.2, -0.15) is 0 Å². The normalized spacial score (nSPS) is 15.1. The summed E-state index contributed by atoms with van der Waals surface area (Å²) in [7, 11) is -3.00.